The molecule has 5 nitrogen and oxygen atoms in total. The molecule has 1 aliphatic heterocycles. The Kier molecular flexibility index (Phi) is 5.24. The minimum Gasteiger partial charge on any atom is -0.497 e. The molecule has 0 aromatic heterocycles. The minimum absolute atomic E-state index is 0.368. The summed E-state index contributed by atoms with van der Waals surface area (Å²) in [6.07, 6.45) is 2.00. The topological polar surface area (TPSA) is 67.4 Å². The molecule has 1 atom stereocenters. The average Bonchev–Trinajstić information content (AvgIpc) is 2.90. The Labute approximate surface area is 127 Å². The van der Waals surface area contributed by atoms with Gasteiger partial charge in [0, 0.05) is 6.54 Å². The molecule has 21 heavy (non-hydrogen) atoms. The number of methoxy groups -OCH3 is 1. The molecule has 1 saturated heterocycles. The summed E-state index contributed by atoms with van der Waals surface area (Å²) < 4.78 is 32.9. The average molecular weight is 312 g/mol. The third-order valence-corrected chi connectivity index (χ3v) is 5.71. The number of aryl methyl sites for hydroxylation is 2. The van der Waals surface area contributed by atoms with Crippen molar-refractivity contribution in [1.82, 2.24) is 10.0 Å². The molecule has 0 saturated carbocycles. The molecule has 0 radical (unpaired) electrons. The van der Waals surface area contributed by atoms with Gasteiger partial charge in [0.2, 0.25) is 10.0 Å². The molecule has 0 bridgehead atoms. The van der Waals surface area contributed by atoms with E-state index in [4.69, 9.17) is 4.74 Å². The van der Waals surface area contributed by atoms with Crippen molar-refractivity contribution in [2.75, 3.05) is 26.7 Å². The van der Waals surface area contributed by atoms with Gasteiger partial charge in [-0.2, -0.15) is 0 Å². The Morgan fingerprint density at radius 1 is 1.33 bits per heavy atom. The van der Waals surface area contributed by atoms with Crippen molar-refractivity contribution in [2.24, 2.45) is 5.92 Å². The van der Waals surface area contributed by atoms with Crippen LogP contribution in [0.3, 0.4) is 0 Å². The van der Waals surface area contributed by atoms with Gasteiger partial charge in [-0.25, -0.2) is 13.1 Å². The quantitative estimate of drug-likeness (QED) is 0.837. The fourth-order valence-corrected chi connectivity index (χ4v) is 4.38. The van der Waals surface area contributed by atoms with Crippen LogP contribution < -0.4 is 14.8 Å². The summed E-state index contributed by atoms with van der Waals surface area (Å²) in [6, 6.07) is 3.50. The summed E-state index contributed by atoms with van der Waals surface area (Å²) in [4.78, 5) is 0.368. The van der Waals surface area contributed by atoms with Crippen LogP contribution in [0.4, 0.5) is 0 Å². The van der Waals surface area contributed by atoms with Gasteiger partial charge in [0.15, 0.2) is 0 Å². The first-order valence-electron chi connectivity index (χ1n) is 7.29. The number of hydrogen-bond acceptors (Lipinski definition) is 4. The number of rotatable bonds is 6. The zero-order chi connectivity index (χ0) is 15.5. The molecule has 1 aliphatic rings. The van der Waals surface area contributed by atoms with E-state index in [0.29, 0.717) is 34.2 Å². The molecule has 1 fully saturated rings. The molecular formula is C15H24N2O3S. The van der Waals surface area contributed by atoms with Gasteiger partial charge in [-0.3, -0.25) is 0 Å². The zero-order valence-electron chi connectivity index (χ0n) is 12.9. The fraction of sp³-hybridized carbons (Fsp3) is 0.600. The minimum atomic E-state index is -3.46. The monoisotopic (exact) mass is 312 g/mol. The van der Waals surface area contributed by atoms with Gasteiger partial charge in [-0.1, -0.05) is 0 Å². The maximum absolute atomic E-state index is 12.5. The smallest absolute Gasteiger partial charge is 0.241 e. The first-order valence-corrected chi connectivity index (χ1v) is 8.78. The molecule has 118 valence electrons. The highest BCUT2D eigenvalue weighted by atomic mass is 32.2. The van der Waals surface area contributed by atoms with Crippen molar-refractivity contribution in [3.63, 3.8) is 0 Å². The van der Waals surface area contributed by atoms with Crippen LogP contribution in [-0.4, -0.2) is 35.2 Å². The van der Waals surface area contributed by atoms with E-state index in [-0.39, 0.29) is 0 Å². The highest BCUT2D eigenvalue weighted by molar-refractivity contribution is 7.89. The van der Waals surface area contributed by atoms with Gasteiger partial charge in [-0.15, -0.1) is 0 Å². The second kappa shape index (κ2) is 6.77. The summed E-state index contributed by atoms with van der Waals surface area (Å²) in [6.45, 7) is 6.10. The van der Waals surface area contributed by atoms with Crippen molar-refractivity contribution >= 4 is 10.0 Å². The number of nitrogens with one attached hydrogen (secondary N) is 2. The molecule has 0 amide bonds. The van der Waals surface area contributed by atoms with E-state index in [9.17, 15) is 8.42 Å². The van der Waals surface area contributed by atoms with Crippen LogP contribution in [0, 0.1) is 19.8 Å². The van der Waals surface area contributed by atoms with E-state index < -0.39 is 10.0 Å². The van der Waals surface area contributed by atoms with Gasteiger partial charge in [0.05, 0.1) is 12.0 Å². The Morgan fingerprint density at radius 2 is 2.00 bits per heavy atom. The van der Waals surface area contributed by atoms with Crippen molar-refractivity contribution in [2.45, 2.75) is 31.6 Å². The molecular weight excluding hydrogens is 288 g/mol. The standard InChI is InChI=1S/C15H24N2O3S/c1-11-8-14(20-3)9-12(2)15(11)21(18,19)17-7-5-13-4-6-16-10-13/h8-9,13,16-17H,4-7,10H2,1-3H3/t13-/m0/s1. The summed E-state index contributed by atoms with van der Waals surface area (Å²) in [7, 11) is -1.88. The Balaban J connectivity index is 2.08. The maximum Gasteiger partial charge on any atom is 0.241 e. The highest BCUT2D eigenvalue weighted by Crippen LogP contribution is 2.25. The summed E-state index contributed by atoms with van der Waals surface area (Å²) in [5.74, 6) is 1.26. The molecule has 6 heteroatoms. The van der Waals surface area contributed by atoms with Crippen LogP contribution >= 0.6 is 0 Å². The lowest BCUT2D eigenvalue weighted by Crippen LogP contribution is -2.28. The van der Waals surface area contributed by atoms with E-state index >= 15 is 0 Å². The number of hydrogen-bond donors (Lipinski definition) is 2. The van der Waals surface area contributed by atoms with Crippen LogP contribution in [0.5, 0.6) is 5.75 Å². The highest BCUT2D eigenvalue weighted by Gasteiger charge is 2.21. The Bertz CT molecular complexity index is 570. The Hall–Kier alpha value is -1.11. The molecule has 1 aromatic rings. The van der Waals surface area contributed by atoms with E-state index in [0.717, 1.165) is 25.9 Å². The number of benzene rings is 1. The lowest BCUT2D eigenvalue weighted by atomic mass is 10.1. The summed E-state index contributed by atoms with van der Waals surface area (Å²) in [5.41, 5.74) is 1.42. The van der Waals surface area contributed by atoms with E-state index in [2.05, 4.69) is 10.0 Å². The van der Waals surface area contributed by atoms with Gasteiger partial charge in [-0.05, 0) is 69.0 Å². The Morgan fingerprint density at radius 3 is 2.52 bits per heavy atom. The molecule has 1 heterocycles. The largest absolute Gasteiger partial charge is 0.497 e. The first-order chi connectivity index (χ1) is 9.94. The van der Waals surface area contributed by atoms with Crippen molar-refractivity contribution in [1.29, 1.82) is 0 Å². The molecule has 2 rings (SSSR count). The van der Waals surface area contributed by atoms with Crippen LogP contribution in [-0.2, 0) is 10.0 Å². The van der Waals surface area contributed by atoms with Crippen LogP contribution in [0.2, 0.25) is 0 Å². The normalized spacial score (nSPS) is 18.9. The SMILES string of the molecule is COc1cc(C)c(S(=O)(=O)NCC[C@@H]2CCNC2)c(C)c1. The van der Waals surface area contributed by atoms with Crippen LogP contribution in [0.1, 0.15) is 24.0 Å². The summed E-state index contributed by atoms with van der Waals surface area (Å²) >= 11 is 0. The van der Waals surface area contributed by atoms with Gasteiger partial charge >= 0.3 is 0 Å². The number of ether oxygens (including phenoxy) is 1. The third-order valence-electron chi connectivity index (χ3n) is 3.95. The van der Waals surface area contributed by atoms with Gasteiger partial charge < -0.3 is 10.1 Å². The van der Waals surface area contributed by atoms with Crippen molar-refractivity contribution < 1.29 is 13.2 Å². The predicted octanol–water partition coefficient (Wildman–Crippen LogP) is 1.59. The zero-order valence-corrected chi connectivity index (χ0v) is 13.7. The van der Waals surface area contributed by atoms with Gasteiger partial charge in [0.25, 0.3) is 0 Å². The molecule has 1 aromatic carbocycles. The van der Waals surface area contributed by atoms with Crippen LogP contribution in [0.25, 0.3) is 0 Å². The maximum atomic E-state index is 12.5. The molecule has 0 unspecified atom stereocenters. The van der Waals surface area contributed by atoms with Crippen molar-refractivity contribution in [3.05, 3.63) is 23.3 Å². The fourth-order valence-electron chi connectivity index (χ4n) is 2.88. The molecule has 0 aliphatic carbocycles. The predicted molar refractivity (Wildman–Crippen MR) is 83.3 cm³/mol. The summed E-state index contributed by atoms with van der Waals surface area (Å²) in [5, 5.41) is 3.29. The number of sulfonamides is 1. The lowest BCUT2D eigenvalue weighted by Gasteiger charge is -2.14. The lowest BCUT2D eigenvalue weighted by molar-refractivity contribution is 0.413. The third kappa shape index (κ3) is 3.96. The van der Waals surface area contributed by atoms with E-state index in [1.807, 2.05) is 0 Å². The van der Waals surface area contributed by atoms with Crippen molar-refractivity contribution in [3.8, 4) is 5.75 Å². The molecule has 2 N–H and O–H groups in total. The van der Waals surface area contributed by atoms with E-state index in [1.54, 1.807) is 33.1 Å². The van der Waals surface area contributed by atoms with E-state index in [1.165, 1.54) is 0 Å². The second-order valence-electron chi connectivity index (χ2n) is 5.64. The van der Waals surface area contributed by atoms with Crippen LogP contribution in [0.15, 0.2) is 17.0 Å². The first kappa shape index (κ1) is 16.3. The molecule has 0 spiro atoms. The second-order valence-corrected chi connectivity index (χ2v) is 7.34. The van der Waals surface area contributed by atoms with Gasteiger partial charge in [0.1, 0.15) is 5.75 Å².